The van der Waals surface area contributed by atoms with Gasteiger partial charge in [-0.15, -0.1) is 0 Å². The van der Waals surface area contributed by atoms with Crippen LogP contribution in [-0.2, 0) is 0 Å². The van der Waals surface area contributed by atoms with Gasteiger partial charge in [-0.1, -0.05) is 16.8 Å². The van der Waals surface area contributed by atoms with Gasteiger partial charge in [0.25, 0.3) is 11.8 Å². The monoisotopic (exact) mass is 347 g/mol. The number of hydrogen-bond donors (Lipinski definition) is 0. The molecular formula is C20H17N3O3. The first-order valence-corrected chi connectivity index (χ1v) is 8.34. The summed E-state index contributed by atoms with van der Waals surface area (Å²) >= 11 is 0. The van der Waals surface area contributed by atoms with Gasteiger partial charge in [0.2, 0.25) is 0 Å². The molecule has 0 radical (unpaired) electrons. The Morgan fingerprint density at radius 1 is 1.00 bits per heavy atom. The number of amides is 2. The quantitative estimate of drug-likeness (QED) is 0.675. The second kappa shape index (κ2) is 5.91. The van der Waals surface area contributed by atoms with Crippen LogP contribution in [0.3, 0.4) is 0 Å². The Bertz CT molecular complexity index is 1040. The van der Waals surface area contributed by atoms with Crippen LogP contribution in [-0.4, -0.2) is 26.9 Å². The van der Waals surface area contributed by atoms with E-state index in [1.165, 1.54) is 4.90 Å². The first-order valence-electron chi connectivity index (χ1n) is 8.34. The Morgan fingerprint density at radius 3 is 2.54 bits per heavy atom. The molecule has 0 fully saturated rings. The van der Waals surface area contributed by atoms with Gasteiger partial charge in [0.1, 0.15) is 5.69 Å². The maximum Gasteiger partial charge on any atom is 0.262 e. The van der Waals surface area contributed by atoms with E-state index in [1.54, 1.807) is 31.3 Å². The van der Waals surface area contributed by atoms with E-state index in [4.69, 9.17) is 4.52 Å². The van der Waals surface area contributed by atoms with Crippen LogP contribution in [0.15, 0.2) is 47.1 Å². The van der Waals surface area contributed by atoms with E-state index in [0.717, 1.165) is 16.8 Å². The van der Waals surface area contributed by atoms with Gasteiger partial charge in [-0.25, -0.2) is 0 Å². The normalized spacial score (nSPS) is 14.7. The van der Waals surface area contributed by atoms with Gasteiger partial charge in [0.15, 0.2) is 5.76 Å². The molecule has 130 valence electrons. The van der Waals surface area contributed by atoms with Crippen molar-refractivity contribution in [3.63, 3.8) is 0 Å². The average molecular weight is 347 g/mol. The van der Waals surface area contributed by atoms with E-state index in [-0.39, 0.29) is 11.8 Å². The molecular weight excluding hydrogens is 330 g/mol. The number of benzene rings is 1. The van der Waals surface area contributed by atoms with Crippen molar-refractivity contribution in [3.8, 4) is 11.3 Å². The molecule has 6 nitrogen and oxygen atoms in total. The molecule has 2 aromatic heterocycles. The van der Waals surface area contributed by atoms with Crippen molar-refractivity contribution in [1.82, 2.24) is 15.0 Å². The first kappa shape index (κ1) is 16.2. The summed E-state index contributed by atoms with van der Waals surface area (Å²) in [6.45, 7) is 5.55. The van der Waals surface area contributed by atoms with Gasteiger partial charge in [-0.2, -0.15) is 0 Å². The van der Waals surface area contributed by atoms with Gasteiger partial charge in [-0.3, -0.25) is 19.5 Å². The predicted octanol–water partition coefficient (Wildman–Crippen LogP) is 3.71. The molecule has 0 saturated carbocycles. The van der Waals surface area contributed by atoms with Gasteiger partial charge in [0, 0.05) is 23.5 Å². The Labute approximate surface area is 150 Å². The second-order valence-corrected chi connectivity index (χ2v) is 6.51. The lowest BCUT2D eigenvalue weighted by atomic mass is 10.1. The first-order chi connectivity index (χ1) is 12.5. The zero-order chi connectivity index (χ0) is 18.4. The molecule has 6 heteroatoms. The minimum atomic E-state index is -0.549. The zero-order valence-corrected chi connectivity index (χ0v) is 14.7. The van der Waals surface area contributed by atoms with Crippen LogP contribution in [0.5, 0.6) is 0 Å². The van der Waals surface area contributed by atoms with Crippen molar-refractivity contribution in [2.24, 2.45) is 0 Å². The van der Waals surface area contributed by atoms with Crippen LogP contribution in [0, 0.1) is 13.8 Å². The fourth-order valence-corrected chi connectivity index (χ4v) is 3.18. The maximum absolute atomic E-state index is 12.7. The number of carbonyl (C=O) groups is 2. The SMILES string of the molecule is Cc1ccc2c(c1)C(=O)N(C(C)c1cc(-c3ccnc(C)c3)no1)C2=O. The highest BCUT2D eigenvalue weighted by Gasteiger charge is 2.40. The number of rotatable bonds is 3. The molecule has 1 aromatic carbocycles. The summed E-state index contributed by atoms with van der Waals surface area (Å²) in [5.74, 6) is -0.158. The van der Waals surface area contributed by atoms with Crippen molar-refractivity contribution >= 4 is 11.8 Å². The average Bonchev–Trinajstić information content (AvgIpc) is 3.19. The van der Waals surface area contributed by atoms with E-state index in [9.17, 15) is 9.59 Å². The highest BCUT2D eigenvalue weighted by molar-refractivity contribution is 6.21. The number of carbonyl (C=O) groups excluding carboxylic acids is 2. The molecule has 3 heterocycles. The number of hydrogen-bond acceptors (Lipinski definition) is 5. The molecule has 26 heavy (non-hydrogen) atoms. The lowest BCUT2D eigenvalue weighted by Gasteiger charge is -2.19. The van der Waals surface area contributed by atoms with Gasteiger partial charge in [0.05, 0.1) is 17.2 Å². The molecule has 1 unspecified atom stereocenters. The lowest BCUT2D eigenvalue weighted by Crippen LogP contribution is -2.32. The third-order valence-corrected chi connectivity index (χ3v) is 4.59. The maximum atomic E-state index is 12.7. The molecule has 4 rings (SSSR count). The number of fused-ring (bicyclic) bond motifs is 1. The van der Waals surface area contributed by atoms with E-state index in [0.29, 0.717) is 22.6 Å². The molecule has 2 amide bonds. The highest BCUT2D eigenvalue weighted by atomic mass is 16.5. The molecule has 1 atom stereocenters. The number of aromatic nitrogens is 2. The zero-order valence-electron chi connectivity index (χ0n) is 14.7. The molecule has 0 aliphatic carbocycles. The number of pyridine rings is 1. The highest BCUT2D eigenvalue weighted by Crippen LogP contribution is 2.33. The van der Waals surface area contributed by atoms with E-state index in [2.05, 4.69) is 10.1 Å². The molecule has 0 spiro atoms. The minimum Gasteiger partial charge on any atom is -0.359 e. The van der Waals surface area contributed by atoms with Crippen LogP contribution >= 0.6 is 0 Å². The number of aryl methyl sites for hydroxylation is 2. The lowest BCUT2D eigenvalue weighted by molar-refractivity contribution is 0.0573. The fraction of sp³-hybridized carbons (Fsp3) is 0.200. The standard InChI is InChI=1S/C20H17N3O3/c1-11-4-5-15-16(8-11)20(25)23(19(15)24)13(3)18-10-17(22-26-18)14-6-7-21-12(2)9-14/h4-10,13H,1-3H3. The third kappa shape index (κ3) is 2.50. The van der Waals surface area contributed by atoms with Crippen LogP contribution in [0.2, 0.25) is 0 Å². The van der Waals surface area contributed by atoms with E-state index in [1.807, 2.05) is 32.0 Å². The predicted molar refractivity (Wildman–Crippen MR) is 94.6 cm³/mol. The van der Waals surface area contributed by atoms with Crippen LogP contribution in [0.4, 0.5) is 0 Å². The van der Waals surface area contributed by atoms with Crippen molar-refractivity contribution in [2.45, 2.75) is 26.8 Å². The molecule has 0 N–H and O–H groups in total. The molecule has 0 saturated heterocycles. The molecule has 1 aliphatic heterocycles. The smallest absolute Gasteiger partial charge is 0.262 e. The van der Waals surface area contributed by atoms with Crippen LogP contribution in [0.1, 0.15) is 50.7 Å². The van der Waals surface area contributed by atoms with Crippen LogP contribution in [0.25, 0.3) is 11.3 Å². The Balaban J connectivity index is 1.66. The second-order valence-electron chi connectivity index (χ2n) is 6.51. The van der Waals surface area contributed by atoms with Crippen molar-refractivity contribution < 1.29 is 14.1 Å². The van der Waals surface area contributed by atoms with Gasteiger partial charge in [-0.05, 0) is 45.0 Å². The van der Waals surface area contributed by atoms with Gasteiger partial charge >= 0.3 is 0 Å². The topological polar surface area (TPSA) is 76.3 Å². The minimum absolute atomic E-state index is 0.307. The van der Waals surface area contributed by atoms with Crippen molar-refractivity contribution in [2.75, 3.05) is 0 Å². The van der Waals surface area contributed by atoms with E-state index < -0.39 is 6.04 Å². The summed E-state index contributed by atoms with van der Waals surface area (Å²) in [6, 6.07) is 10.2. The molecule has 3 aromatic rings. The summed E-state index contributed by atoms with van der Waals surface area (Å²) in [7, 11) is 0. The fourth-order valence-electron chi connectivity index (χ4n) is 3.18. The van der Waals surface area contributed by atoms with Crippen LogP contribution < -0.4 is 0 Å². The Kier molecular flexibility index (Phi) is 3.68. The summed E-state index contributed by atoms with van der Waals surface area (Å²) in [5.41, 5.74) is 4.19. The van der Waals surface area contributed by atoms with Gasteiger partial charge < -0.3 is 4.52 Å². The summed E-state index contributed by atoms with van der Waals surface area (Å²) in [5, 5.41) is 4.08. The van der Waals surface area contributed by atoms with Crippen molar-refractivity contribution in [1.29, 1.82) is 0 Å². The number of imide groups is 1. The third-order valence-electron chi connectivity index (χ3n) is 4.59. The molecule has 1 aliphatic rings. The van der Waals surface area contributed by atoms with E-state index >= 15 is 0 Å². The largest absolute Gasteiger partial charge is 0.359 e. The number of nitrogens with zero attached hydrogens (tertiary/aromatic N) is 3. The van der Waals surface area contributed by atoms with Crippen molar-refractivity contribution in [3.05, 3.63) is 70.7 Å². The summed E-state index contributed by atoms with van der Waals surface area (Å²) in [6.07, 6.45) is 1.70. The Morgan fingerprint density at radius 2 is 1.77 bits per heavy atom. The summed E-state index contributed by atoms with van der Waals surface area (Å²) < 4.78 is 5.44. The summed E-state index contributed by atoms with van der Waals surface area (Å²) in [4.78, 5) is 30.8. The Hall–Kier alpha value is -3.28. The molecule has 0 bridgehead atoms.